The van der Waals surface area contributed by atoms with E-state index >= 15 is 0 Å². The van der Waals surface area contributed by atoms with Crippen molar-refractivity contribution in [1.82, 2.24) is 4.98 Å². The van der Waals surface area contributed by atoms with Crippen LogP contribution in [0.4, 0.5) is 11.5 Å². The fraction of sp³-hybridized carbons (Fsp3) is 0.333. The number of pyridine rings is 1. The molecule has 0 radical (unpaired) electrons. The third-order valence-corrected chi connectivity index (χ3v) is 3.67. The van der Waals surface area contributed by atoms with Gasteiger partial charge in [0.1, 0.15) is 11.9 Å². The van der Waals surface area contributed by atoms with Crippen molar-refractivity contribution < 1.29 is 14.8 Å². The highest BCUT2D eigenvalue weighted by molar-refractivity contribution is 5.83. The fourth-order valence-electron chi connectivity index (χ4n) is 2.15. The predicted molar refractivity (Wildman–Crippen MR) is 82.9 cm³/mol. The van der Waals surface area contributed by atoms with E-state index in [1.54, 1.807) is 18.2 Å². The summed E-state index contributed by atoms with van der Waals surface area (Å²) in [5, 5.41) is 23.6. The maximum atomic E-state index is 11.3. The number of hydrogen-bond donors (Lipinski definition) is 2. The molecule has 1 aromatic carbocycles. The zero-order valence-electron chi connectivity index (χ0n) is 12.3. The monoisotopic (exact) mass is 303 g/mol. The number of nitrogens with zero attached hydrogens (tertiary/aromatic N) is 2. The molecule has 7 heteroatoms. The predicted octanol–water partition coefficient (Wildman–Crippen LogP) is 3.05. The highest BCUT2D eigenvalue weighted by Gasteiger charge is 2.23. The molecule has 0 saturated carbocycles. The minimum Gasteiger partial charge on any atom is -0.480 e. The van der Waals surface area contributed by atoms with Gasteiger partial charge in [0, 0.05) is 17.5 Å². The maximum Gasteiger partial charge on any atom is 0.326 e. The standard InChI is InChI=1S/C15H17N3O4/c1-3-9(2)14(15(19)20)17-13-7-4-10-8-11(18(21)22)5-6-12(10)16-13/h4-9,14H,3H2,1-2H3,(H,16,17)(H,19,20)/t9-,14-/m0/s1. The molecule has 7 nitrogen and oxygen atoms in total. The summed E-state index contributed by atoms with van der Waals surface area (Å²) in [6.07, 6.45) is 0.726. The molecule has 0 unspecified atom stereocenters. The lowest BCUT2D eigenvalue weighted by Crippen LogP contribution is -2.35. The lowest BCUT2D eigenvalue weighted by molar-refractivity contribution is -0.384. The number of nitrogens with one attached hydrogen (secondary N) is 1. The summed E-state index contributed by atoms with van der Waals surface area (Å²) in [6.45, 7) is 3.78. The molecule has 2 rings (SSSR count). The van der Waals surface area contributed by atoms with Crippen LogP contribution in [-0.2, 0) is 4.79 Å². The second-order valence-corrected chi connectivity index (χ2v) is 5.18. The van der Waals surface area contributed by atoms with Gasteiger partial charge in [-0.15, -0.1) is 0 Å². The Morgan fingerprint density at radius 2 is 2.14 bits per heavy atom. The topological polar surface area (TPSA) is 105 Å². The first-order valence-corrected chi connectivity index (χ1v) is 6.97. The molecular weight excluding hydrogens is 286 g/mol. The largest absolute Gasteiger partial charge is 0.480 e. The van der Waals surface area contributed by atoms with Crippen LogP contribution in [0.3, 0.4) is 0 Å². The first-order valence-electron chi connectivity index (χ1n) is 6.97. The molecule has 22 heavy (non-hydrogen) atoms. The quantitative estimate of drug-likeness (QED) is 0.627. The summed E-state index contributed by atoms with van der Waals surface area (Å²) in [5.74, 6) is -0.541. The SMILES string of the molecule is CC[C@H](C)[C@H](Nc1ccc2cc([N+](=O)[O-])ccc2n1)C(=O)O. The summed E-state index contributed by atoms with van der Waals surface area (Å²) in [7, 11) is 0. The van der Waals surface area contributed by atoms with E-state index in [1.807, 2.05) is 13.8 Å². The van der Waals surface area contributed by atoms with Crippen molar-refractivity contribution in [1.29, 1.82) is 0 Å². The summed E-state index contributed by atoms with van der Waals surface area (Å²) in [5.41, 5.74) is 0.571. The molecule has 0 aliphatic heterocycles. The molecule has 1 heterocycles. The molecule has 0 amide bonds. The van der Waals surface area contributed by atoms with Crippen molar-refractivity contribution in [3.05, 3.63) is 40.4 Å². The minimum absolute atomic E-state index is 0.00183. The van der Waals surface area contributed by atoms with Crippen LogP contribution in [0.2, 0.25) is 0 Å². The maximum absolute atomic E-state index is 11.3. The molecule has 0 saturated heterocycles. The Morgan fingerprint density at radius 1 is 1.41 bits per heavy atom. The van der Waals surface area contributed by atoms with E-state index in [2.05, 4.69) is 10.3 Å². The van der Waals surface area contributed by atoms with Crippen LogP contribution in [0.1, 0.15) is 20.3 Å². The van der Waals surface area contributed by atoms with Gasteiger partial charge in [0.25, 0.3) is 5.69 Å². The number of carbonyl (C=O) groups is 1. The summed E-state index contributed by atoms with van der Waals surface area (Å²) in [6, 6.07) is 6.96. The molecule has 2 N–H and O–H groups in total. The first kappa shape index (κ1) is 15.7. The summed E-state index contributed by atoms with van der Waals surface area (Å²) >= 11 is 0. The number of hydrogen-bond acceptors (Lipinski definition) is 5. The van der Waals surface area contributed by atoms with E-state index in [4.69, 9.17) is 0 Å². The number of rotatable bonds is 6. The Kier molecular flexibility index (Phi) is 4.55. The third kappa shape index (κ3) is 3.30. The van der Waals surface area contributed by atoms with Crippen molar-refractivity contribution in [2.24, 2.45) is 5.92 Å². The molecule has 0 bridgehead atoms. The second kappa shape index (κ2) is 6.38. The van der Waals surface area contributed by atoms with Gasteiger partial charge >= 0.3 is 5.97 Å². The Hall–Kier alpha value is -2.70. The fourth-order valence-corrected chi connectivity index (χ4v) is 2.15. The number of nitro groups is 1. The van der Waals surface area contributed by atoms with E-state index in [1.165, 1.54) is 12.1 Å². The highest BCUT2D eigenvalue weighted by Crippen LogP contribution is 2.22. The lowest BCUT2D eigenvalue weighted by Gasteiger charge is -2.20. The number of carboxylic acids is 1. The van der Waals surface area contributed by atoms with Crippen LogP contribution in [-0.4, -0.2) is 27.0 Å². The lowest BCUT2D eigenvalue weighted by atomic mass is 9.99. The van der Waals surface area contributed by atoms with Gasteiger partial charge in [-0.2, -0.15) is 0 Å². The van der Waals surface area contributed by atoms with Gasteiger partial charge in [-0.05, 0) is 24.1 Å². The molecule has 116 valence electrons. The van der Waals surface area contributed by atoms with E-state index in [-0.39, 0.29) is 11.6 Å². The van der Waals surface area contributed by atoms with Gasteiger partial charge in [0.15, 0.2) is 0 Å². The minimum atomic E-state index is -0.931. The molecular formula is C15H17N3O4. The van der Waals surface area contributed by atoms with Crippen LogP contribution in [0.25, 0.3) is 10.9 Å². The summed E-state index contributed by atoms with van der Waals surface area (Å²) in [4.78, 5) is 25.9. The number of benzene rings is 1. The van der Waals surface area contributed by atoms with E-state index in [9.17, 15) is 20.0 Å². The Labute approximate surface area is 127 Å². The van der Waals surface area contributed by atoms with Crippen molar-refractivity contribution in [2.75, 3.05) is 5.32 Å². The highest BCUT2D eigenvalue weighted by atomic mass is 16.6. The van der Waals surface area contributed by atoms with Gasteiger partial charge in [-0.25, -0.2) is 9.78 Å². The molecule has 0 spiro atoms. The van der Waals surface area contributed by atoms with Crippen molar-refractivity contribution in [3.8, 4) is 0 Å². The van der Waals surface area contributed by atoms with Crippen molar-refractivity contribution in [3.63, 3.8) is 0 Å². The van der Waals surface area contributed by atoms with Gasteiger partial charge in [0.2, 0.25) is 0 Å². The number of fused-ring (bicyclic) bond motifs is 1. The van der Waals surface area contributed by atoms with Crippen molar-refractivity contribution in [2.45, 2.75) is 26.3 Å². The molecule has 2 aromatic rings. The smallest absolute Gasteiger partial charge is 0.326 e. The normalized spacial score (nSPS) is 13.5. The molecule has 1 aromatic heterocycles. The van der Waals surface area contributed by atoms with E-state index in [0.29, 0.717) is 16.7 Å². The molecule has 2 atom stereocenters. The van der Waals surface area contributed by atoms with Crippen LogP contribution >= 0.6 is 0 Å². The number of non-ortho nitro benzene ring substituents is 1. The van der Waals surface area contributed by atoms with E-state index < -0.39 is 16.9 Å². The number of aromatic nitrogens is 1. The zero-order valence-corrected chi connectivity index (χ0v) is 12.3. The Morgan fingerprint density at radius 3 is 2.73 bits per heavy atom. The van der Waals surface area contributed by atoms with Gasteiger partial charge in [0.05, 0.1) is 10.4 Å². The van der Waals surface area contributed by atoms with Gasteiger partial charge < -0.3 is 10.4 Å². The van der Waals surface area contributed by atoms with E-state index in [0.717, 1.165) is 6.42 Å². The third-order valence-electron chi connectivity index (χ3n) is 3.67. The average molecular weight is 303 g/mol. The second-order valence-electron chi connectivity index (χ2n) is 5.18. The zero-order chi connectivity index (χ0) is 16.3. The molecule has 0 fully saturated rings. The number of nitro benzene ring substituents is 1. The van der Waals surface area contributed by atoms with Gasteiger partial charge in [-0.1, -0.05) is 20.3 Å². The van der Waals surface area contributed by atoms with Crippen molar-refractivity contribution >= 4 is 28.4 Å². The average Bonchev–Trinajstić information content (AvgIpc) is 2.50. The van der Waals surface area contributed by atoms with Crippen LogP contribution in [0.15, 0.2) is 30.3 Å². The van der Waals surface area contributed by atoms with Crippen LogP contribution < -0.4 is 5.32 Å². The van der Waals surface area contributed by atoms with Gasteiger partial charge in [-0.3, -0.25) is 10.1 Å². The molecule has 0 aliphatic rings. The number of anilines is 1. The summed E-state index contributed by atoms with van der Waals surface area (Å²) < 4.78 is 0. The Bertz CT molecular complexity index is 717. The van der Waals surface area contributed by atoms with Crippen LogP contribution in [0, 0.1) is 16.0 Å². The van der Waals surface area contributed by atoms with Crippen LogP contribution in [0.5, 0.6) is 0 Å². The Balaban J connectivity index is 2.31. The molecule has 0 aliphatic carbocycles. The number of carboxylic acid groups (broad SMARTS) is 1. The first-order chi connectivity index (χ1) is 10.4. The number of aliphatic carboxylic acids is 1.